The SMILES string of the molecule is CCCS(=O)(=O)N1C[C@@H](O)[C@H](N(C)Cc2ccc(F)cc2)C1. The number of nitrogens with zero attached hydrogens (tertiary/aromatic N) is 2. The van der Waals surface area contributed by atoms with Gasteiger partial charge in [-0.1, -0.05) is 19.1 Å². The van der Waals surface area contributed by atoms with Crippen LogP contribution in [0.1, 0.15) is 18.9 Å². The highest BCUT2D eigenvalue weighted by molar-refractivity contribution is 7.89. The highest BCUT2D eigenvalue weighted by Crippen LogP contribution is 2.21. The van der Waals surface area contributed by atoms with Crippen molar-refractivity contribution in [2.24, 2.45) is 0 Å². The van der Waals surface area contributed by atoms with Crippen LogP contribution < -0.4 is 0 Å². The summed E-state index contributed by atoms with van der Waals surface area (Å²) >= 11 is 0. The van der Waals surface area contributed by atoms with Crippen molar-refractivity contribution in [3.8, 4) is 0 Å². The van der Waals surface area contributed by atoms with E-state index < -0.39 is 16.1 Å². The molecule has 0 aromatic heterocycles. The van der Waals surface area contributed by atoms with E-state index in [1.165, 1.54) is 16.4 Å². The van der Waals surface area contributed by atoms with E-state index in [0.717, 1.165) is 5.56 Å². The van der Waals surface area contributed by atoms with Crippen molar-refractivity contribution < 1.29 is 17.9 Å². The molecule has 2 atom stereocenters. The number of rotatable bonds is 6. The lowest BCUT2D eigenvalue weighted by molar-refractivity contribution is 0.0953. The van der Waals surface area contributed by atoms with E-state index in [1.54, 1.807) is 12.1 Å². The largest absolute Gasteiger partial charge is 0.390 e. The second-order valence-electron chi connectivity index (χ2n) is 5.81. The summed E-state index contributed by atoms with van der Waals surface area (Å²) in [7, 11) is -1.45. The van der Waals surface area contributed by atoms with Crippen LogP contribution in [0, 0.1) is 5.82 Å². The Balaban J connectivity index is 2.01. The molecule has 0 bridgehead atoms. The Labute approximate surface area is 131 Å². The summed E-state index contributed by atoms with van der Waals surface area (Å²) in [6.07, 6.45) is -0.151. The van der Waals surface area contributed by atoms with Gasteiger partial charge in [0, 0.05) is 19.6 Å². The minimum atomic E-state index is -3.29. The van der Waals surface area contributed by atoms with E-state index in [0.29, 0.717) is 19.5 Å². The Kier molecular flexibility index (Phi) is 5.55. The van der Waals surface area contributed by atoms with Crippen LogP contribution in [0.2, 0.25) is 0 Å². The fourth-order valence-corrected chi connectivity index (χ4v) is 4.31. The number of hydrogen-bond donors (Lipinski definition) is 1. The molecule has 1 aromatic rings. The lowest BCUT2D eigenvalue weighted by Gasteiger charge is -2.26. The second kappa shape index (κ2) is 7.04. The van der Waals surface area contributed by atoms with E-state index in [1.807, 2.05) is 18.9 Å². The molecule has 22 heavy (non-hydrogen) atoms. The minimum Gasteiger partial charge on any atom is -0.390 e. The Bertz CT molecular complexity index is 591. The van der Waals surface area contributed by atoms with Gasteiger partial charge in [0.05, 0.1) is 17.9 Å². The zero-order valence-corrected chi connectivity index (χ0v) is 13.8. The van der Waals surface area contributed by atoms with E-state index in [2.05, 4.69) is 0 Å². The molecule has 7 heteroatoms. The third-order valence-electron chi connectivity index (χ3n) is 3.99. The zero-order chi connectivity index (χ0) is 16.3. The molecule has 0 aliphatic carbocycles. The maximum Gasteiger partial charge on any atom is 0.214 e. The van der Waals surface area contributed by atoms with E-state index in [9.17, 15) is 17.9 Å². The molecule has 124 valence electrons. The topological polar surface area (TPSA) is 60.9 Å². The first-order valence-electron chi connectivity index (χ1n) is 7.44. The number of sulfonamides is 1. The fourth-order valence-electron chi connectivity index (χ4n) is 2.78. The number of benzene rings is 1. The first kappa shape index (κ1) is 17.3. The van der Waals surface area contributed by atoms with E-state index >= 15 is 0 Å². The third kappa shape index (κ3) is 4.04. The standard InChI is InChI=1S/C15H23FN2O3S/c1-3-8-22(20,21)18-10-14(15(19)11-18)17(2)9-12-4-6-13(16)7-5-12/h4-7,14-15,19H,3,8-11H2,1-2H3/t14-,15-/m1/s1. The number of aliphatic hydroxyl groups excluding tert-OH is 1. The summed E-state index contributed by atoms with van der Waals surface area (Å²) < 4.78 is 38.5. The van der Waals surface area contributed by atoms with Crippen molar-refractivity contribution in [2.45, 2.75) is 32.0 Å². The number of aliphatic hydroxyl groups is 1. The highest BCUT2D eigenvalue weighted by Gasteiger charge is 2.39. The van der Waals surface area contributed by atoms with Crippen LogP contribution >= 0.6 is 0 Å². The van der Waals surface area contributed by atoms with Crippen molar-refractivity contribution in [1.29, 1.82) is 0 Å². The summed E-state index contributed by atoms with van der Waals surface area (Å²) in [6.45, 7) is 2.79. The number of hydrogen-bond acceptors (Lipinski definition) is 4. The number of likely N-dealkylation sites (N-methyl/N-ethyl adjacent to an activating group) is 1. The average Bonchev–Trinajstić information content (AvgIpc) is 2.84. The quantitative estimate of drug-likeness (QED) is 0.847. The van der Waals surface area contributed by atoms with Crippen LogP contribution in [-0.2, 0) is 16.6 Å². The number of halogens is 1. The lowest BCUT2D eigenvalue weighted by Crippen LogP contribution is -2.40. The summed E-state index contributed by atoms with van der Waals surface area (Å²) in [5.74, 6) is -0.183. The van der Waals surface area contributed by atoms with Crippen molar-refractivity contribution in [1.82, 2.24) is 9.21 Å². The van der Waals surface area contributed by atoms with Crippen molar-refractivity contribution >= 4 is 10.0 Å². The van der Waals surface area contributed by atoms with Crippen LogP contribution in [0.4, 0.5) is 4.39 Å². The molecule has 1 aliphatic rings. The van der Waals surface area contributed by atoms with Crippen LogP contribution in [0.15, 0.2) is 24.3 Å². The molecule has 1 N–H and O–H groups in total. The summed E-state index contributed by atoms with van der Waals surface area (Å²) in [4.78, 5) is 1.92. The first-order chi connectivity index (χ1) is 10.3. The van der Waals surface area contributed by atoms with Gasteiger partial charge >= 0.3 is 0 Å². The average molecular weight is 330 g/mol. The molecule has 0 radical (unpaired) electrons. The predicted molar refractivity (Wildman–Crippen MR) is 83.3 cm³/mol. The maximum absolute atomic E-state index is 12.9. The molecule has 5 nitrogen and oxygen atoms in total. The Morgan fingerprint density at radius 2 is 1.95 bits per heavy atom. The van der Waals surface area contributed by atoms with Gasteiger partial charge in [0.15, 0.2) is 0 Å². The van der Waals surface area contributed by atoms with Crippen molar-refractivity contribution in [3.05, 3.63) is 35.6 Å². The van der Waals surface area contributed by atoms with Gasteiger partial charge in [-0.05, 0) is 31.2 Å². The molecule has 1 saturated heterocycles. The molecule has 1 aromatic carbocycles. The predicted octanol–water partition coefficient (Wildman–Crippen LogP) is 1.04. The maximum atomic E-state index is 12.9. The molecule has 2 rings (SSSR count). The van der Waals surface area contributed by atoms with Gasteiger partial charge < -0.3 is 5.11 Å². The van der Waals surface area contributed by atoms with Crippen LogP contribution in [0.3, 0.4) is 0 Å². The molecular formula is C15H23FN2O3S. The zero-order valence-electron chi connectivity index (χ0n) is 12.9. The molecule has 0 amide bonds. The molecule has 1 aliphatic heterocycles. The van der Waals surface area contributed by atoms with E-state index in [4.69, 9.17) is 0 Å². The third-order valence-corrected chi connectivity index (χ3v) is 6.00. The molecular weight excluding hydrogens is 307 g/mol. The van der Waals surface area contributed by atoms with Gasteiger partial charge in [-0.15, -0.1) is 0 Å². The minimum absolute atomic E-state index is 0.105. The van der Waals surface area contributed by atoms with Crippen molar-refractivity contribution in [3.63, 3.8) is 0 Å². The van der Waals surface area contributed by atoms with E-state index in [-0.39, 0.29) is 24.2 Å². The summed E-state index contributed by atoms with van der Waals surface area (Å²) in [6, 6.07) is 5.92. The highest BCUT2D eigenvalue weighted by atomic mass is 32.2. The van der Waals surface area contributed by atoms with Crippen LogP contribution in [0.25, 0.3) is 0 Å². The monoisotopic (exact) mass is 330 g/mol. The molecule has 0 saturated carbocycles. The van der Waals surface area contributed by atoms with Crippen molar-refractivity contribution in [2.75, 3.05) is 25.9 Å². The van der Waals surface area contributed by atoms with Crippen LogP contribution in [-0.4, -0.2) is 60.8 Å². The first-order valence-corrected chi connectivity index (χ1v) is 9.05. The van der Waals surface area contributed by atoms with Gasteiger partial charge in [0.1, 0.15) is 5.82 Å². The van der Waals surface area contributed by atoms with Gasteiger partial charge in [0.2, 0.25) is 10.0 Å². The van der Waals surface area contributed by atoms with Gasteiger partial charge in [-0.25, -0.2) is 12.8 Å². The molecule has 1 heterocycles. The number of β-amino-alcohol motifs (C(OH)–C–C–N with tert-alkyl or cyclic N) is 1. The van der Waals surface area contributed by atoms with Gasteiger partial charge in [0.25, 0.3) is 0 Å². The second-order valence-corrected chi connectivity index (χ2v) is 7.90. The Morgan fingerprint density at radius 3 is 2.55 bits per heavy atom. The summed E-state index contributed by atoms with van der Waals surface area (Å²) in [5, 5.41) is 10.2. The molecule has 0 unspecified atom stereocenters. The van der Waals surface area contributed by atoms with Gasteiger partial charge in [-0.2, -0.15) is 4.31 Å². The summed E-state index contributed by atoms with van der Waals surface area (Å²) in [5.41, 5.74) is 0.922. The fraction of sp³-hybridized carbons (Fsp3) is 0.600. The van der Waals surface area contributed by atoms with Crippen LogP contribution in [0.5, 0.6) is 0 Å². The Hall–Kier alpha value is -1.02. The lowest BCUT2D eigenvalue weighted by atomic mass is 10.1. The Morgan fingerprint density at radius 1 is 1.32 bits per heavy atom. The van der Waals surface area contributed by atoms with Gasteiger partial charge in [-0.3, -0.25) is 4.90 Å². The smallest absolute Gasteiger partial charge is 0.214 e. The normalized spacial score (nSPS) is 23.3. The molecule has 1 fully saturated rings. The molecule has 0 spiro atoms.